The number of nitrogens with one attached hydrogen (secondary N) is 1. The molecule has 0 spiro atoms. The van der Waals surface area contributed by atoms with Crippen LogP contribution < -0.4 is 5.32 Å². The zero-order valence-corrected chi connectivity index (χ0v) is 13.3. The summed E-state index contributed by atoms with van der Waals surface area (Å²) in [5.74, 6) is -0.454. The first-order chi connectivity index (χ1) is 9.42. The van der Waals surface area contributed by atoms with Crippen molar-refractivity contribution in [2.24, 2.45) is 5.92 Å². The summed E-state index contributed by atoms with van der Waals surface area (Å²) in [6, 6.07) is 0. The number of hydrogen-bond acceptors (Lipinski definition) is 4. The molecule has 1 rings (SSSR count). The molecule has 0 bridgehead atoms. The molecule has 0 aromatic rings. The second-order valence-corrected chi connectivity index (χ2v) is 6.13. The van der Waals surface area contributed by atoms with Crippen molar-refractivity contribution in [2.75, 3.05) is 33.3 Å². The van der Waals surface area contributed by atoms with Crippen LogP contribution in [-0.2, 0) is 9.53 Å². The summed E-state index contributed by atoms with van der Waals surface area (Å²) in [4.78, 5) is 13.9. The molecule has 5 nitrogen and oxygen atoms in total. The van der Waals surface area contributed by atoms with E-state index in [9.17, 15) is 9.90 Å². The van der Waals surface area contributed by atoms with Gasteiger partial charge in [0.1, 0.15) is 5.54 Å². The van der Waals surface area contributed by atoms with Crippen LogP contribution in [-0.4, -0.2) is 60.9 Å². The van der Waals surface area contributed by atoms with Gasteiger partial charge in [0, 0.05) is 13.1 Å². The number of rotatable bonds is 11. The third-order valence-electron chi connectivity index (χ3n) is 3.79. The largest absolute Gasteiger partial charge is 0.480 e. The Labute approximate surface area is 122 Å². The van der Waals surface area contributed by atoms with Gasteiger partial charge in [-0.2, -0.15) is 0 Å². The molecule has 5 heteroatoms. The van der Waals surface area contributed by atoms with E-state index in [0.717, 1.165) is 32.4 Å². The molecule has 1 atom stereocenters. The quantitative estimate of drug-likeness (QED) is 0.604. The SMILES string of the molecule is CCCNC(CN(C)CCOC(C)C)(C(=O)O)C1CC1. The average Bonchev–Trinajstić information content (AvgIpc) is 3.18. The van der Waals surface area contributed by atoms with Crippen molar-refractivity contribution in [1.29, 1.82) is 0 Å². The van der Waals surface area contributed by atoms with Crippen LogP contribution >= 0.6 is 0 Å². The highest BCUT2D eigenvalue weighted by molar-refractivity contribution is 5.80. The molecule has 1 saturated carbocycles. The van der Waals surface area contributed by atoms with Gasteiger partial charge in [0.2, 0.25) is 0 Å². The van der Waals surface area contributed by atoms with Crippen molar-refractivity contribution in [3.05, 3.63) is 0 Å². The number of nitrogens with zero attached hydrogens (tertiary/aromatic N) is 1. The third-order valence-corrected chi connectivity index (χ3v) is 3.79. The molecule has 0 amide bonds. The smallest absolute Gasteiger partial charge is 0.325 e. The Hall–Kier alpha value is -0.650. The van der Waals surface area contributed by atoms with Crippen molar-refractivity contribution < 1.29 is 14.6 Å². The minimum absolute atomic E-state index is 0.217. The van der Waals surface area contributed by atoms with Gasteiger partial charge in [0.15, 0.2) is 0 Å². The fraction of sp³-hybridized carbons (Fsp3) is 0.933. The number of ether oxygens (including phenoxy) is 1. The number of hydrogen-bond donors (Lipinski definition) is 2. The van der Waals surface area contributed by atoms with Crippen LogP contribution in [0.5, 0.6) is 0 Å². The predicted molar refractivity (Wildman–Crippen MR) is 80.0 cm³/mol. The molecule has 2 N–H and O–H groups in total. The van der Waals surface area contributed by atoms with Gasteiger partial charge in [-0.3, -0.25) is 4.79 Å². The zero-order chi connectivity index (χ0) is 15.2. The lowest BCUT2D eigenvalue weighted by Gasteiger charge is -2.35. The Kier molecular flexibility index (Phi) is 6.92. The van der Waals surface area contributed by atoms with Crippen molar-refractivity contribution in [3.8, 4) is 0 Å². The highest BCUT2D eigenvalue weighted by atomic mass is 16.5. The molecule has 1 aliphatic carbocycles. The van der Waals surface area contributed by atoms with Gasteiger partial charge in [-0.25, -0.2) is 0 Å². The molecule has 0 aromatic carbocycles. The maximum Gasteiger partial charge on any atom is 0.325 e. The lowest BCUT2D eigenvalue weighted by molar-refractivity contribution is -0.147. The molecular formula is C15H30N2O3. The van der Waals surface area contributed by atoms with Gasteiger partial charge in [0.25, 0.3) is 0 Å². The number of aliphatic carboxylic acids is 1. The Morgan fingerprint density at radius 1 is 1.50 bits per heavy atom. The molecular weight excluding hydrogens is 256 g/mol. The van der Waals surface area contributed by atoms with E-state index in [2.05, 4.69) is 17.1 Å². The molecule has 0 heterocycles. The molecule has 1 aliphatic rings. The van der Waals surface area contributed by atoms with E-state index in [1.807, 2.05) is 20.9 Å². The Balaban J connectivity index is 2.56. The van der Waals surface area contributed by atoms with Crippen LogP contribution in [0.2, 0.25) is 0 Å². The second kappa shape index (κ2) is 7.96. The van der Waals surface area contributed by atoms with Crippen LogP contribution in [0, 0.1) is 5.92 Å². The zero-order valence-electron chi connectivity index (χ0n) is 13.3. The fourth-order valence-electron chi connectivity index (χ4n) is 2.52. The summed E-state index contributed by atoms with van der Waals surface area (Å²) in [7, 11) is 1.97. The summed E-state index contributed by atoms with van der Waals surface area (Å²) in [5.41, 5.74) is -0.789. The molecule has 0 radical (unpaired) electrons. The number of likely N-dealkylation sites (N-methyl/N-ethyl adjacent to an activating group) is 1. The molecule has 118 valence electrons. The predicted octanol–water partition coefficient (Wildman–Crippen LogP) is 1.58. The van der Waals surface area contributed by atoms with Gasteiger partial charge in [-0.05, 0) is 52.6 Å². The average molecular weight is 286 g/mol. The van der Waals surface area contributed by atoms with Gasteiger partial charge in [-0.1, -0.05) is 6.92 Å². The summed E-state index contributed by atoms with van der Waals surface area (Å²) in [5, 5.41) is 13.0. The van der Waals surface area contributed by atoms with Crippen LogP contribution in [0.4, 0.5) is 0 Å². The minimum Gasteiger partial charge on any atom is -0.480 e. The number of carboxylic acids is 1. The highest BCUT2D eigenvalue weighted by Gasteiger charge is 2.51. The fourth-order valence-corrected chi connectivity index (χ4v) is 2.52. The maximum atomic E-state index is 11.8. The van der Waals surface area contributed by atoms with Crippen molar-refractivity contribution in [1.82, 2.24) is 10.2 Å². The highest BCUT2D eigenvalue weighted by Crippen LogP contribution is 2.40. The lowest BCUT2D eigenvalue weighted by Crippen LogP contribution is -2.60. The third kappa shape index (κ3) is 5.04. The van der Waals surface area contributed by atoms with Gasteiger partial charge in [0.05, 0.1) is 12.7 Å². The van der Waals surface area contributed by atoms with Crippen molar-refractivity contribution >= 4 is 5.97 Å². The van der Waals surface area contributed by atoms with Crippen molar-refractivity contribution in [2.45, 2.75) is 51.7 Å². The topological polar surface area (TPSA) is 61.8 Å². The molecule has 20 heavy (non-hydrogen) atoms. The van der Waals surface area contributed by atoms with Gasteiger partial charge in [-0.15, -0.1) is 0 Å². The normalized spacial score (nSPS) is 18.5. The van der Waals surface area contributed by atoms with Crippen LogP contribution in [0.25, 0.3) is 0 Å². The second-order valence-electron chi connectivity index (χ2n) is 6.13. The summed E-state index contributed by atoms with van der Waals surface area (Å²) >= 11 is 0. The van der Waals surface area contributed by atoms with Crippen LogP contribution in [0.3, 0.4) is 0 Å². The van der Waals surface area contributed by atoms with E-state index in [-0.39, 0.29) is 12.0 Å². The molecule has 0 aromatic heterocycles. The first kappa shape index (κ1) is 17.4. The van der Waals surface area contributed by atoms with E-state index in [1.165, 1.54) is 0 Å². The molecule has 0 aliphatic heterocycles. The Morgan fingerprint density at radius 3 is 2.60 bits per heavy atom. The first-order valence-electron chi connectivity index (χ1n) is 7.71. The summed E-state index contributed by atoms with van der Waals surface area (Å²) in [6.07, 6.45) is 3.19. The van der Waals surface area contributed by atoms with Gasteiger partial charge >= 0.3 is 5.97 Å². The molecule has 1 unspecified atom stereocenters. The van der Waals surface area contributed by atoms with Crippen molar-refractivity contribution in [3.63, 3.8) is 0 Å². The number of carboxylic acid groups (broad SMARTS) is 1. The molecule has 1 fully saturated rings. The van der Waals surface area contributed by atoms with Crippen LogP contribution in [0.15, 0.2) is 0 Å². The van der Waals surface area contributed by atoms with Crippen LogP contribution in [0.1, 0.15) is 40.0 Å². The standard InChI is InChI=1S/C15H30N2O3/c1-5-8-16-15(14(18)19,13-6-7-13)11-17(4)9-10-20-12(2)3/h12-13,16H,5-11H2,1-4H3,(H,18,19). The molecule has 0 saturated heterocycles. The first-order valence-corrected chi connectivity index (χ1v) is 7.71. The maximum absolute atomic E-state index is 11.8. The summed E-state index contributed by atoms with van der Waals surface area (Å²) < 4.78 is 5.54. The Bertz CT molecular complexity index is 305. The number of carbonyl (C=O) groups is 1. The van der Waals surface area contributed by atoms with E-state index in [0.29, 0.717) is 13.2 Å². The van der Waals surface area contributed by atoms with E-state index < -0.39 is 11.5 Å². The summed E-state index contributed by atoms with van der Waals surface area (Å²) in [6.45, 7) is 8.76. The lowest BCUT2D eigenvalue weighted by atomic mass is 9.92. The Morgan fingerprint density at radius 2 is 2.15 bits per heavy atom. The minimum atomic E-state index is -0.789. The van der Waals surface area contributed by atoms with Gasteiger partial charge < -0.3 is 20.1 Å². The van der Waals surface area contributed by atoms with E-state index >= 15 is 0 Å². The van der Waals surface area contributed by atoms with E-state index in [1.54, 1.807) is 0 Å². The monoisotopic (exact) mass is 286 g/mol. The van der Waals surface area contributed by atoms with E-state index in [4.69, 9.17) is 4.74 Å².